The summed E-state index contributed by atoms with van der Waals surface area (Å²) in [5, 5.41) is 3.33. The maximum Gasteiger partial charge on any atom is 0.254 e. The van der Waals surface area contributed by atoms with Crippen LogP contribution < -0.4 is 5.32 Å². The van der Waals surface area contributed by atoms with Gasteiger partial charge < -0.3 is 14.6 Å². The minimum absolute atomic E-state index is 0. The highest BCUT2D eigenvalue weighted by molar-refractivity contribution is 6.00. The Morgan fingerprint density at radius 3 is 2.68 bits per heavy atom. The number of oxazole rings is 1. The van der Waals surface area contributed by atoms with Gasteiger partial charge in [0.2, 0.25) is 5.89 Å². The van der Waals surface area contributed by atoms with E-state index < -0.39 is 0 Å². The van der Waals surface area contributed by atoms with Crippen molar-refractivity contribution in [3.05, 3.63) is 65.9 Å². The third-order valence-electron chi connectivity index (χ3n) is 4.86. The Kier molecular flexibility index (Phi) is 6.49. The number of hydrogen-bond donors (Lipinski definition) is 1. The van der Waals surface area contributed by atoms with Crippen molar-refractivity contribution >= 4 is 18.3 Å². The summed E-state index contributed by atoms with van der Waals surface area (Å²) in [6.07, 6.45) is 2.68. The molecule has 1 aromatic heterocycles. The van der Waals surface area contributed by atoms with Crippen LogP contribution in [0.4, 0.5) is 0 Å². The summed E-state index contributed by atoms with van der Waals surface area (Å²) < 4.78 is 6.00. The van der Waals surface area contributed by atoms with E-state index in [1.807, 2.05) is 53.4 Å². The summed E-state index contributed by atoms with van der Waals surface area (Å²) in [6, 6.07) is 15.7. The van der Waals surface area contributed by atoms with Gasteiger partial charge >= 0.3 is 0 Å². The number of amides is 1. The molecular weight excluding hydrogens is 374 g/mol. The van der Waals surface area contributed by atoms with E-state index in [2.05, 4.69) is 17.2 Å². The molecule has 1 N–H and O–H groups in total. The zero-order valence-electron chi connectivity index (χ0n) is 15.9. The van der Waals surface area contributed by atoms with E-state index in [9.17, 15) is 4.79 Å². The Morgan fingerprint density at radius 2 is 1.86 bits per heavy atom. The average molecular weight is 398 g/mol. The van der Waals surface area contributed by atoms with Crippen molar-refractivity contribution in [2.45, 2.75) is 13.3 Å². The second kappa shape index (κ2) is 9.04. The zero-order valence-corrected chi connectivity index (χ0v) is 16.7. The summed E-state index contributed by atoms with van der Waals surface area (Å²) in [5.74, 6) is 1.21. The van der Waals surface area contributed by atoms with Crippen molar-refractivity contribution in [2.75, 3.05) is 26.2 Å². The second-order valence-electron chi connectivity index (χ2n) is 6.84. The van der Waals surface area contributed by atoms with Crippen molar-refractivity contribution in [3.8, 4) is 22.8 Å². The lowest BCUT2D eigenvalue weighted by atomic mass is 10.1. The molecule has 2 heterocycles. The van der Waals surface area contributed by atoms with Crippen LogP contribution in [0.1, 0.15) is 22.3 Å². The number of halogens is 1. The van der Waals surface area contributed by atoms with Crippen LogP contribution in [-0.4, -0.2) is 42.0 Å². The molecule has 0 aliphatic carbocycles. The minimum atomic E-state index is 0. The smallest absolute Gasteiger partial charge is 0.254 e. The van der Waals surface area contributed by atoms with Crippen LogP contribution in [0.2, 0.25) is 0 Å². The number of benzene rings is 2. The summed E-state index contributed by atoms with van der Waals surface area (Å²) in [4.78, 5) is 19.4. The molecule has 1 fully saturated rings. The maximum absolute atomic E-state index is 13.1. The molecule has 0 unspecified atom stereocenters. The number of carbonyl (C=O) groups excluding carboxylic acids is 1. The maximum atomic E-state index is 13.1. The van der Waals surface area contributed by atoms with Gasteiger partial charge in [-0.25, -0.2) is 4.98 Å². The molecule has 5 nitrogen and oxygen atoms in total. The van der Waals surface area contributed by atoms with Gasteiger partial charge in [-0.15, -0.1) is 12.4 Å². The number of carbonyl (C=O) groups is 1. The van der Waals surface area contributed by atoms with E-state index in [4.69, 9.17) is 4.42 Å². The van der Waals surface area contributed by atoms with Crippen molar-refractivity contribution in [2.24, 2.45) is 0 Å². The number of nitrogens with one attached hydrogen (secondary N) is 1. The zero-order chi connectivity index (χ0) is 18.6. The predicted molar refractivity (Wildman–Crippen MR) is 113 cm³/mol. The molecule has 2 aromatic carbocycles. The van der Waals surface area contributed by atoms with Gasteiger partial charge in [-0.05, 0) is 32.0 Å². The number of aromatic nitrogens is 1. The first-order valence-corrected chi connectivity index (χ1v) is 9.34. The molecule has 28 heavy (non-hydrogen) atoms. The average Bonchev–Trinajstić information content (AvgIpc) is 3.03. The van der Waals surface area contributed by atoms with Gasteiger partial charge in [0, 0.05) is 30.8 Å². The molecular formula is C22H24ClN3O2. The highest BCUT2D eigenvalue weighted by atomic mass is 35.5. The standard InChI is InChI=1S/C22H23N3O2.ClH/c1-16-7-9-17(10-8-16)20-15-24-21(27-20)18-5-2-3-6-19(18)22(26)25-13-4-11-23-12-14-25;/h2-3,5-10,15,23H,4,11-14H2,1H3;1H. The summed E-state index contributed by atoms with van der Waals surface area (Å²) in [6.45, 7) is 5.30. The van der Waals surface area contributed by atoms with Crippen molar-refractivity contribution in [1.82, 2.24) is 15.2 Å². The van der Waals surface area contributed by atoms with Gasteiger partial charge in [0.25, 0.3) is 5.91 Å². The Labute approximate surface area is 171 Å². The van der Waals surface area contributed by atoms with E-state index in [1.54, 1.807) is 6.20 Å². The lowest BCUT2D eigenvalue weighted by Gasteiger charge is -2.21. The molecule has 0 radical (unpaired) electrons. The van der Waals surface area contributed by atoms with E-state index in [0.717, 1.165) is 37.2 Å². The minimum Gasteiger partial charge on any atom is -0.436 e. The molecule has 1 saturated heterocycles. The van der Waals surface area contributed by atoms with Crippen LogP contribution >= 0.6 is 12.4 Å². The van der Waals surface area contributed by atoms with Crippen LogP contribution in [-0.2, 0) is 0 Å². The molecule has 1 amide bonds. The van der Waals surface area contributed by atoms with Crippen LogP contribution in [0.3, 0.4) is 0 Å². The normalized spacial score (nSPS) is 14.2. The van der Waals surface area contributed by atoms with Gasteiger partial charge in [0.1, 0.15) is 0 Å². The van der Waals surface area contributed by atoms with E-state index in [1.165, 1.54) is 5.56 Å². The van der Waals surface area contributed by atoms with Crippen molar-refractivity contribution in [1.29, 1.82) is 0 Å². The number of aryl methyl sites for hydroxylation is 1. The van der Waals surface area contributed by atoms with Crippen molar-refractivity contribution < 1.29 is 9.21 Å². The Morgan fingerprint density at radius 1 is 1.07 bits per heavy atom. The van der Waals surface area contributed by atoms with Gasteiger partial charge in [0.05, 0.1) is 11.8 Å². The Hall–Kier alpha value is -2.63. The largest absolute Gasteiger partial charge is 0.436 e. The first-order valence-electron chi connectivity index (χ1n) is 9.34. The molecule has 3 aromatic rings. The first kappa shape index (κ1) is 20.1. The highest BCUT2D eigenvalue weighted by Gasteiger charge is 2.22. The van der Waals surface area contributed by atoms with Crippen molar-refractivity contribution in [3.63, 3.8) is 0 Å². The Balaban J connectivity index is 0.00000225. The molecule has 1 aliphatic rings. The molecule has 0 saturated carbocycles. The monoisotopic (exact) mass is 397 g/mol. The van der Waals surface area contributed by atoms with Gasteiger partial charge in [0.15, 0.2) is 5.76 Å². The molecule has 146 valence electrons. The first-order chi connectivity index (χ1) is 13.2. The number of rotatable bonds is 3. The van der Waals surface area contributed by atoms with Crippen LogP contribution in [0, 0.1) is 6.92 Å². The van der Waals surface area contributed by atoms with Crippen LogP contribution in [0.5, 0.6) is 0 Å². The summed E-state index contributed by atoms with van der Waals surface area (Å²) >= 11 is 0. The molecule has 4 rings (SSSR count). The molecule has 0 spiro atoms. The lowest BCUT2D eigenvalue weighted by molar-refractivity contribution is 0.0767. The van der Waals surface area contributed by atoms with Gasteiger partial charge in [-0.1, -0.05) is 42.0 Å². The Bertz CT molecular complexity index is 929. The quantitative estimate of drug-likeness (QED) is 0.720. The fourth-order valence-corrected chi connectivity index (χ4v) is 3.33. The second-order valence-corrected chi connectivity index (χ2v) is 6.84. The number of nitrogens with zero attached hydrogens (tertiary/aromatic N) is 2. The highest BCUT2D eigenvalue weighted by Crippen LogP contribution is 2.29. The number of hydrogen-bond acceptors (Lipinski definition) is 4. The van der Waals surface area contributed by atoms with Gasteiger partial charge in [-0.3, -0.25) is 4.79 Å². The molecule has 0 atom stereocenters. The molecule has 6 heteroatoms. The SMILES string of the molecule is Cc1ccc(-c2cnc(-c3ccccc3C(=O)N3CCCNCC3)o2)cc1.Cl. The third kappa shape index (κ3) is 4.26. The summed E-state index contributed by atoms with van der Waals surface area (Å²) in [7, 11) is 0. The molecule has 0 bridgehead atoms. The molecule has 1 aliphatic heterocycles. The fourth-order valence-electron chi connectivity index (χ4n) is 3.33. The predicted octanol–water partition coefficient (Wildman–Crippen LogP) is 4.17. The third-order valence-corrected chi connectivity index (χ3v) is 4.86. The lowest BCUT2D eigenvalue weighted by Crippen LogP contribution is -2.34. The topological polar surface area (TPSA) is 58.4 Å². The van der Waals surface area contributed by atoms with Crippen LogP contribution in [0.15, 0.2) is 59.1 Å². The fraction of sp³-hybridized carbons (Fsp3) is 0.273. The summed E-state index contributed by atoms with van der Waals surface area (Å²) in [5.41, 5.74) is 3.54. The van der Waals surface area contributed by atoms with Crippen LogP contribution in [0.25, 0.3) is 22.8 Å². The van der Waals surface area contributed by atoms with E-state index in [0.29, 0.717) is 23.8 Å². The van der Waals surface area contributed by atoms with E-state index >= 15 is 0 Å². The van der Waals surface area contributed by atoms with E-state index in [-0.39, 0.29) is 18.3 Å². The van der Waals surface area contributed by atoms with Gasteiger partial charge in [-0.2, -0.15) is 0 Å².